The number of rotatable bonds is 2. The second kappa shape index (κ2) is 6.44. The molecule has 1 saturated heterocycles. The van der Waals surface area contributed by atoms with E-state index in [9.17, 15) is 8.42 Å². The lowest BCUT2D eigenvalue weighted by Crippen LogP contribution is -2.46. The topological polar surface area (TPSA) is 52.7 Å². The summed E-state index contributed by atoms with van der Waals surface area (Å²) >= 11 is 0. The maximum absolute atomic E-state index is 12.8. The SMILES string of the molecule is O=S(=O)(N1CCCNCC1)N1CCc2ccccc2CC1. The molecule has 0 bridgehead atoms. The summed E-state index contributed by atoms with van der Waals surface area (Å²) in [6.07, 6.45) is 2.50. The normalized spacial score (nSPS) is 22.3. The molecule has 2 aliphatic rings. The molecule has 0 atom stereocenters. The average Bonchev–Trinajstić information content (AvgIpc) is 2.88. The third kappa shape index (κ3) is 3.29. The van der Waals surface area contributed by atoms with Gasteiger partial charge in [-0.15, -0.1) is 0 Å². The van der Waals surface area contributed by atoms with E-state index >= 15 is 0 Å². The summed E-state index contributed by atoms with van der Waals surface area (Å²) in [5, 5.41) is 3.25. The van der Waals surface area contributed by atoms with Crippen molar-refractivity contribution in [2.24, 2.45) is 0 Å². The highest BCUT2D eigenvalue weighted by Crippen LogP contribution is 2.19. The molecule has 2 heterocycles. The van der Waals surface area contributed by atoms with Gasteiger partial charge in [0.15, 0.2) is 0 Å². The molecule has 0 unspecified atom stereocenters. The molecule has 0 aliphatic carbocycles. The van der Waals surface area contributed by atoms with Crippen molar-refractivity contribution in [3.8, 4) is 0 Å². The highest BCUT2D eigenvalue weighted by atomic mass is 32.2. The van der Waals surface area contributed by atoms with Crippen molar-refractivity contribution in [1.29, 1.82) is 0 Å². The first-order valence-electron chi connectivity index (χ1n) is 7.70. The molecule has 6 heteroatoms. The minimum absolute atomic E-state index is 0.575. The van der Waals surface area contributed by atoms with Crippen LogP contribution in [-0.4, -0.2) is 56.3 Å². The fourth-order valence-electron chi connectivity index (χ4n) is 3.09. The van der Waals surface area contributed by atoms with E-state index < -0.39 is 10.2 Å². The van der Waals surface area contributed by atoms with Gasteiger partial charge in [-0.3, -0.25) is 0 Å². The quantitative estimate of drug-likeness (QED) is 0.872. The predicted octanol–water partition coefficient (Wildman–Crippen LogP) is 0.627. The van der Waals surface area contributed by atoms with Gasteiger partial charge in [0.05, 0.1) is 0 Å². The van der Waals surface area contributed by atoms with Crippen molar-refractivity contribution in [1.82, 2.24) is 13.9 Å². The van der Waals surface area contributed by atoms with Gasteiger partial charge in [-0.1, -0.05) is 24.3 Å². The largest absolute Gasteiger partial charge is 0.315 e. The van der Waals surface area contributed by atoms with Crippen LogP contribution in [0, 0.1) is 0 Å². The van der Waals surface area contributed by atoms with E-state index in [4.69, 9.17) is 0 Å². The number of benzene rings is 1. The number of nitrogens with zero attached hydrogens (tertiary/aromatic N) is 2. The van der Waals surface area contributed by atoms with Crippen molar-refractivity contribution in [3.63, 3.8) is 0 Å². The van der Waals surface area contributed by atoms with Crippen molar-refractivity contribution in [3.05, 3.63) is 35.4 Å². The zero-order valence-corrected chi connectivity index (χ0v) is 13.1. The summed E-state index contributed by atoms with van der Waals surface area (Å²) in [6, 6.07) is 8.29. The van der Waals surface area contributed by atoms with E-state index in [1.165, 1.54) is 11.1 Å². The zero-order chi connectivity index (χ0) is 14.7. The van der Waals surface area contributed by atoms with Gasteiger partial charge in [0.25, 0.3) is 10.2 Å². The number of fused-ring (bicyclic) bond motifs is 1. The molecule has 5 nitrogen and oxygen atoms in total. The Kier molecular flexibility index (Phi) is 4.59. The van der Waals surface area contributed by atoms with Crippen LogP contribution in [0.1, 0.15) is 17.5 Å². The molecule has 116 valence electrons. The summed E-state index contributed by atoms with van der Waals surface area (Å²) in [4.78, 5) is 0. The van der Waals surface area contributed by atoms with Gasteiger partial charge < -0.3 is 5.32 Å². The number of hydrogen-bond donors (Lipinski definition) is 1. The second-order valence-corrected chi connectivity index (χ2v) is 7.61. The first kappa shape index (κ1) is 15.0. The Morgan fingerprint density at radius 2 is 1.48 bits per heavy atom. The molecule has 0 radical (unpaired) electrons. The fraction of sp³-hybridized carbons (Fsp3) is 0.600. The Hall–Kier alpha value is -0.950. The van der Waals surface area contributed by atoms with Crippen LogP contribution in [0.5, 0.6) is 0 Å². The second-order valence-electron chi connectivity index (χ2n) is 5.68. The Balaban J connectivity index is 1.75. The van der Waals surface area contributed by atoms with Gasteiger partial charge in [-0.05, 0) is 36.9 Å². The third-order valence-electron chi connectivity index (χ3n) is 4.33. The Morgan fingerprint density at radius 1 is 0.857 bits per heavy atom. The summed E-state index contributed by atoms with van der Waals surface area (Å²) in [6.45, 7) is 4.02. The van der Waals surface area contributed by atoms with E-state index in [0.717, 1.165) is 32.4 Å². The summed E-state index contributed by atoms with van der Waals surface area (Å²) in [7, 11) is -3.32. The highest BCUT2D eigenvalue weighted by Gasteiger charge is 2.30. The molecule has 1 aromatic rings. The Morgan fingerprint density at radius 3 is 2.14 bits per heavy atom. The number of nitrogens with one attached hydrogen (secondary N) is 1. The van der Waals surface area contributed by atoms with Gasteiger partial charge in [0.2, 0.25) is 0 Å². The van der Waals surface area contributed by atoms with Crippen LogP contribution in [0.2, 0.25) is 0 Å². The minimum atomic E-state index is -3.32. The van der Waals surface area contributed by atoms with E-state index in [1.54, 1.807) is 8.61 Å². The monoisotopic (exact) mass is 309 g/mol. The zero-order valence-electron chi connectivity index (χ0n) is 12.3. The molecule has 1 fully saturated rings. The summed E-state index contributed by atoms with van der Waals surface area (Å²) in [5.74, 6) is 0. The van der Waals surface area contributed by atoms with Crippen LogP contribution in [0.3, 0.4) is 0 Å². The highest BCUT2D eigenvalue weighted by molar-refractivity contribution is 7.86. The van der Waals surface area contributed by atoms with E-state index in [2.05, 4.69) is 17.4 Å². The fourth-order valence-corrected chi connectivity index (χ4v) is 4.75. The van der Waals surface area contributed by atoms with Crippen molar-refractivity contribution < 1.29 is 8.42 Å². The molecule has 1 aromatic carbocycles. The smallest absolute Gasteiger partial charge is 0.282 e. The minimum Gasteiger partial charge on any atom is -0.315 e. The third-order valence-corrected chi connectivity index (χ3v) is 6.37. The molecule has 21 heavy (non-hydrogen) atoms. The van der Waals surface area contributed by atoms with Crippen LogP contribution < -0.4 is 5.32 Å². The molecule has 0 saturated carbocycles. The summed E-state index contributed by atoms with van der Waals surface area (Å²) < 4.78 is 28.9. The lowest BCUT2D eigenvalue weighted by molar-refractivity contribution is 0.350. The van der Waals surface area contributed by atoms with E-state index in [1.807, 2.05) is 12.1 Å². The molecule has 1 N–H and O–H groups in total. The van der Waals surface area contributed by atoms with Crippen LogP contribution in [0.4, 0.5) is 0 Å². The van der Waals surface area contributed by atoms with Crippen molar-refractivity contribution in [2.45, 2.75) is 19.3 Å². The molecule has 0 aromatic heterocycles. The van der Waals surface area contributed by atoms with Gasteiger partial charge in [0.1, 0.15) is 0 Å². The molecule has 0 spiro atoms. The first-order chi connectivity index (χ1) is 10.2. The molecular formula is C15H23N3O2S. The van der Waals surface area contributed by atoms with Crippen molar-refractivity contribution >= 4 is 10.2 Å². The molecule has 3 rings (SSSR count). The van der Waals surface area contributed by atoms with Gasteiger partial charge >= 0.3 is 0 Å². The van der Waals surface area contributed by atoms with E-state index in [0.29, 0.717) is 26.2 Å². The van der Waals surface area contributed by atoms with Gasteiger partial charge in [-0.2, -0.15) is 17.0 Å². The average molecular weight is 309 g/mol. The molecule has 2 aliphatic heterocycles. The Bertz CT molecular complexity index is 553. The number of hydrogen-bond acceptors (Lipinski definition) is 3. The predicted molar refractivity (Wildman–Crippen MR) is 83.4 cm³/mol. The maximum atomic E-state index is 12.8. The van der Waals surface area contributed by atoms with Crippen molar-refractivity contribution in [2.75, 3.05) is 39.3 Å². The van der Waals surface area contributed by atoms with Crippen LogP contribution in [-0.2, 0) is 23.1 Å². The molecular weight excluding hydrogens is 286 g/mol. The lowest BCUT2D eigenvalue weighted by Gasteiger charge is -2.28. The molecule has 0 amide bonds. The first-order valence-corrected chi connectivity index (χ1v) is 9.10. The van der Waals surface area contributed by atoms with Gasteiger partial charge in [-0.25, -0.2) is 0 Å². The maximum Gasteiger partial charge on any atom is 0.282 e. The van der Waals surface area contributed by atoms with Gasteiger partial charge in [0, 0.05) is 32.7 Å². The van der Waals surface area contributed by atoms with Crippen LogP contribution in [0.25, 0.3) is 0 Å². The Labute approximate surface area is 127 Å². The standard InChI is InChI=1S/C15H23N3O2S/c19-21(20,17-10-3-8-16-9-13-17)18-11-6-14-4-1-2-5-15(14)7-12-18/h1-2,4-5,16H,3,6-13H2. The van der Waals surface area contributed by atoms with E-state index in [-0.39, 0.29) is 0 Å². The lowest BCUT2D eigenvalue weighted by atomic mass is 10.0. The van der Waals surface area contributed by atoms with Crippen LogP contribution >= 0.6 is 0 Å². The summed E-state index contributed by atoms with van der Waals surface area (Å²) in [5.41, 5.74) is 2.57. The van der Waals surface area contributed by atoms with Crippen LogP contribution in [0.15, 0.2) is 24.3 Å².